The van der Waals surface area contributed by atoms with E-state index in [1.807, 2.05) is 54.6 Å². The Labute approximate surface area is 136 Å². The summed E-state index contributed by atoms with van der Waals surface area (Å²) in [6.07, 6.45) is 2.18. The highest BCUT2D eigenvalue weighted by atomic mass is 33.1. The first-order valence-corrected chi connectivity index (χ1v) is 8.73. The predicted molar refractivity (Wildman–Crippen MR) is 93.3 cm³/mol. The highest BCUT2D eigenvalue weighted by molar-refractivity contribution is 8.84. The van der Waals surface area contributed by atoms with Crippen molar-refractivity contribution >= 4 is 37.0 Å². The van der Waals surface area contributed by atoms with E-state index >= 15 is 0 Å². The summed E-state index contributed by atoms with van der Waals surface area (Å²) in [7, 11) is 3.48. The summed E-state index contributed by atoms with van der Waals surface area (Å²) in [6, 6.07) is 21.7. The van der Waals surface area contributed by atoms with E-state index in [0.29, 0.717) is 5.22 Å². The summed E-state index contributed by atoms with van der Waals surface area (Å²) >= 11 is 0. The van der Waals surface area contributed by atoms with Crippen LogP contribution in [0.5, 0.6) is 0 Å². The molecule has 0 saturated carbocycles. The molecule has 0 aliphatic carbocycles. The molecule has 1 heterocycles. The summed E-state index contributed by atoms with van der Waals surface area (Å²) < 4.78 is 0. The van der Waals surface area contributed by atoms with E-state index in [4.69, 9.17) is 10.5 Å². The van der Waals surface area contributed by atoms with Gasteiger partial charge in [-0.2, -0.15) is 10.5 Å². The first-order chi connectivity index (χ1) is 10.8. The van der Waals surface area contributed by atoms with Crippen molar-refractivity contribution in [1.29, 1.82) is 10.5 Å². The van der Waals surface area contributed by atoms with Crippen molar-refractivity contribution in [2.75, 3.05) is 0 Å². The lowest BCUT2D eigenvalue weighted by atomic mass is 10.1. The SMILES string of the molecule is N#CC(C#N)=c1ccc(=C2C=C(c3ccccc3)SS2)cc1. The topological polar surface area (TPSA) is 47.6 Å². The van der Waals surface area contributed by atoms with Gasteiger partial charge >= 0.3 is 0 Å². The van der Waals surface area contributed by atoms with E-state index in [0.717, 1.165) is 5.22 Å². The van der Waals surface area contributed by atoms with E-state index in [2.05, 4.69) is 18.2 Å². The highest BCUT2D eigenvalue weighted by Crippen LogP contribution is 2.49. The lowest BCUT2D eigenvalue weighted by Crippen LogP contribution is -2.10. The van der Waals surface area contributed by atoms with Crippen LogP contribution in [-0.4, -0.2) is 0 Å². The zero-order valence-corrected chi connectivity index (χ0v) is 13.1. The van der Waals surface area contributed by atoms with Crippen LogP contribution >= 0.6 is 21.6 Å². The minimum atomic E-state index is 0.144. The van der Waals surface area contributed by atoms with Crippen molar-refractivity contribution in [2.24, 2.45) is 0 Å². The third kappa shape index (κ3) is 2.94. The van der Waals surface area contributed by atoms with Gasteiger partial charge in [0, 0.05) is 15.0 Å². The summed E-state index contributed by atoms with van der Waals surface area (Å²) in [5.74, 6) is 0. The minimum Gasteiger partial charge on any atom is -0.192 e. The highest BCUT2D eigenvalue weighted by Gasteiger charge is 2.13. The summed E-state index contributed by atoms with van der Waals surface area (Å²) in [6.45, 7) is 0. The normalized spacial score (nSPS) is 13.2. The van der Waals surface area contributed by atoms with Crippen LogP contribution in [0.4, 0.5) is 0 Å². The van der Waals surface area contributed by atoms with Crippen LogP contribution in [0.25, 0.3) is 15.4 Å². The van der Waals surface area contributed by atoms with Gasteiger partial charge in [0.25, 0.3) is 0 Å². The molecule has 2 aromatic rings. The summed E-state index contributed by atoms with van der Waals surface area (Å²) in [4.78, 5) is 2.43. The van der Waals surface area contributed by atoms with E-state index in [1.54, 1.807) is 21.6 Å². The fourth-order valence-corrected chi connectivity index (χ4v) is 4.53. The molecule has 2 aromatic carbocycles. The van der Waals surface area contributed by atoms with Gasteiger partial charge in [0.05, 0.1) is 0 Å². The molecule has 0 N–H and O–H groups in total. The van der Waals surface area contributed by atoms with E-state index < -0.39 is 0 Å². The second kappa shape index (κ2) is 6.58. The quantitative estimate of drug-likeness (QED) is 0.756. The molecular formula is C18H10N2S2. The van der Waals surface area contributed by atoms with Crippen LogP contribution in [0, 0.1) is 22.7 Å². The molecule has 2 nitrogen and oxygen atoms in total. The van der Waals surface area contributed by atoms with E-state index in [9.17, 15) is 0 Å². The molecule has 22 heavy (non-hydrogen) atoms. The van der Waals surface area contributed by atoms with Crippen LogP contribution < -0.4 is 10.4 Å². The van der Waals surface area contributed by atoms with Crippen LogP contribution in [0.3, 0.4) is 0 Å². The number of nitrogens with zero attached hydrogens (tertiary/aromatic N) is 2. The van der Waals surface area contributed by atoms with Crippen molar-refractivity contribution in [1.82, 2.24) is 0 Å². The van der Waals surface area contributed by atoms with Gasteiger partial charge in [0.15, 0.2) is 0 Å². The zero-order valence-electron chi connectivity index (χ0n) is 11.5. The molecule has 0 bridgehead atoms. The fourth-order valence-electron chi connectivity index (χ4n) is 2.08. The Balaban J connectivity index is 2.03. The maximum absolute atomic E-state index is 8.89. The Morgan fingerprint density at radius 1 is 0.818 bits per heavy atom. The average molecular weight is 318 g/mol. The second-order valence-electron chi connectivity index (χ2n) is 4.58. The number of nitriles is 2. The maximum Gasteiger partial charge on any atom is 0.136 e. The van der Waals surface area contributed by atoms with Gasteiger partial charge in [0.1, 0.15) is 17.7 Å². The molecule has 0 aromatic heterocycles. The minimum absolute atomic E-state index is 0.144. The average Bonchev–Trinajstić information content (AvgIpc) is 3.07. The van der Waals surface area contributed by atoms with Crippen molar-refractivity contribution in [3.05, 3.63) is 76.7 Å². The van der Waals surface area contributed by atoms with Gasteiger partial charge < -0.3 is 0 Å². The van der Waals surface area contributed by atoms with Crippen molar-refractivity contribution in [3.63, 3.8) is 0 Å². The molecule has 0 radical (unpaired) electrons. The molecule has 4 heteroatoms. The summed E-state index contributed by atoms with van der Waals surface area (Å²) in [5.41, 5.74) is 1.36. The molecule has 0 fully saturated rings. The molecule has 1 aliphatic heterocycles. The molecule has 104 valence electrons. The van der Waals surface area contributed by atoms with Gasteiger partial charge in [-0.3, -0.25) is 0 Å². The van der Waals surface area contributed by atoms with E-state index in [1.165, 1.54) is 15.4 Å². The standard InChI is InChI=1S/C18H10N2S2/c19-11-16(12-20)13-6-8-15(9-7-13)18-10-17(21-22-18)14-4-2-1-3-5-14/h1-10H. The van der Waals surface area contributed by atoms with Crippen LogP contribution in [0.1, 0.15) is 5.56 Å². The molecule has 0 amide bonds. The Morgan fingerprint density at radius 2 is 1.50 bits per heavy atom. The van der Waals surface area contributed by atoms with Gasteiger partial charge in [-0.15, -0.1) is 0 Å². The first-order valence-electron chi connectivity index (χ1n) is 6.58. The number of hydrogen-bond donors (Lipinski definition) is 0. The maximum atomic E-state index is 8.89. The van der Waals surface area contributed by atoms with Crippen LogP contribution in [0.15, 0.2) is 60.7 Å². The third-order valence-corrected chi connectivity index (χ3v) is 5.70. The molecule has 3 rings (SSSR count). The molecule has 0 saturated heterocycles. The number of rotatable bonds is 1. The molecular weight excluding hydrogens is 308 g/mol. The van der Waals surface area contributed by atoms with Crippen molar-refractivity contribution in [3.8, 4) is 12.1 Å². The fraction of sp³-hybridized carbons (Fsp3) is 0. The molecule has 0 atom stereocenters. The molecule has 1 aliphatic rings. The van der Waals surface area contributed by atoms with Crippen molar-refractivity contribution < 1.29 is 0 Å². The molecule has 0 unspecified atom stereocenters. The number of hydrogen-bond acceptors (Lipinski definition) is 4. The number of benzene rings is 2. The Bertz CT molecular complexity index is 906. The second-order valence-corrected chi connectivity index (χ2v) is 6.79. The first kappa shape index (κ1) is 14.5. The van der Waals surface area contributed by atoms with E-state index in [-0.39, 0.29) is 5.57 Å². The van der Waals surface area contributed by atoms with Gasteiger partial charge in [0.2, 0.25) is 0 Å². The Hall–Kier alpha value is -2.40. The van der Waals surface area contributed by atoms with Gasteiger partial charge in [-0.25, -0.2) is 0 Å². The third-order valence-electron chi connectivity index (χ3n) is 3.22. The molecule has 0 spiro atoms. The van der Waals surface area contributed by atoms with Crippen molar-refractivity contribution in [2.45, 2.75) is 0 Å². The Kier molecular flexibility index (Phi) is 4.34. The Morgan fingerprint density at radius 3 is 2.14 bits per heavy atom. The smallest absolute Gasteiger partial charge is 0.136 e. The van der Waals surface area contributed by atoms with Crippen LogP contribution in [0.2, 0.25) is 0 Å². The van der Waals surface area contributed by atoms with Gasteiger partial charge in [-0.1, -0.05) is 76.2 Å². The lowest BCUT2D eigenvalue weighted by Gasteiger charge is -1.97. The largest absolute Gasteiger partial charge is 0.192 e. The lowest BCUT2D eigenvalue weighted by molar-refractivity contribution is 1.48. The van der Waals surface area contributed by atoms with Crippen LogP contribution in [-0.2, 0) is 0 Å². The van der Waals surface area contributed by atoms with Gasteiger partial charge in [-0.05, 0) is 16.9 Å². The zero-order chi connectivity index (χ0) is 15.4. The monoisotopic (exact) mass is 318 g/mol. The predicted octanol–water partition coefficient (Wildman–Crippen LogP) is 3.43. The summed E-state index contributed by atoms with van der Waals surface area (Å²) in [5, 5.41) is 19.5.